The molecule has 1 unspecified atom stereocenters. The zero-order valence-electron chi connectivity index (χ0n) is 8.31. The van der Waals surface area contributed by atoms with Crippen molar-refractivity contribution in [2.24, 2.45) is 5.41 Å². The van der Waals surface area contributed by atoms with Gasteiger partial charge < -0.3 is 0 Å². The van der Waals surface area contributed by atoms with Crippen molar-refractivity contribution < 1.29 is 0 Å². The molecule has 0 bridgehead atoms. The van der Waals surface area contributed by atoms with Crippen molar-refractivity contribution in [3.8, 4) is 0 Å². The summed E-state index contributed by atoms with van der Waals surface area (Å²) >= 11 is 3.95. The lowest BCUT2D eigenvalue weighted by Gasteiger charge is -2.28. The quantitative estimate of drug-likeness (QED) is 0.668. The number of hydrogen-bond donors (Lipinski definition) is 0. The SMILES string of the molecule is CSCCC(SC)C(C)(C)C. The van der Waals surface area contributed by atoms with Crippen LogP contribution < -0.4 is 0 Å². The van der Waals surface area contributed by atoms with Gasteiger partial charge in [0.1, 0.15) is 0 Å². The molecule has 0 heterocycles. The lowest BCUT2D eigenvalue weighted by Crippen LogP contribution is -2.23. The van der Waals surface area contributed by atoms with Crippen LogP contribution in [0.3, 0.4) is 0 Å². The first kappa shape index (κ1) is 11.7. The zero-order valence-corrected chi connectivity index (χ0v) is 9.94. The Hall–Kier alpha value is 0.700. The highest BCUT2D eigenvalue weighted by Gasteiger charge is 2.22. The number of hydrogen-bond acceptors (Lipinski definition) is 2. The van der Waals surface area contributed by atoms with Crippen LogP contribution in [0.25, 0.3) is 0 Å². The normalized spacial score (nSPS) is 15.0. The van der Waals surface area contributed by atoms with E-state index in [0.29, 0.717) is 5.41 Å². The summed E-state index contributed by atoms with van der Waals surface area (Å²) in [4.78, 5) is 0. The molecular formula is C9H20S2. The highest BCUT2D eigenvalue weighted by molar-refractivity contribution is 7.99. The van der Waals surface area contributed by atoms with Gasteiger partial charge in [-0.3, -0.25) is 0 Å². The lowest BCUT2D eigenvalue weighted by atomic mass is 9.90. The molecule has 0 rings (SSSR count). The van der Waals surface area contributed by atoms with E-state index < -0.39 is 0 Å². The largest absolute Gasteiger partial charge is 0.165 e. The molecule has 0 N–H and O–H groups in total. The Bertz CT molecular complexity index is 94.2. The fraction of sp³-hybridized carbons (Fsp3) is 1.00. The van der Waals surface area contributed by atoms with Gasteiger partial charge in [-0.25, -0.2) is 0 Å². The molecule has 0 aromatic heterocycles. The molecule has 0 spiro atoms. The summed E-state index contributed by atoms with van der Waals surface area (Å²) < 4.78 is 0. The molecular weight excluding hydrogens is 172 g/mol. The Morgan fingerprint density at radius 3 is 2.00 bits per heavy atom. The van der Waals surface area contributed by atoms with E-state index in [1.165, 1.54) is 12.2 Å². The van der Waals surface area contributed by atoms with Gasteiger partial charge in [0, 0.05) is 5.25 Å². The molecule has 0 radical (unpaired) electrons. The molecule has 0 aliphatic heterocycles. The van der Waals surface area contributed by atoms with E-state index in [2.05, 4.69) is 33.3 Å². The van der Waals surface area contributed by atoms with Crippen LogP contribution in [-0.4, -0.2) is 23.5 Å². The molecule has 0 aliphatic carbocycles. The minimum Gasteiger partial charge on any atom is -0.165 e. The Kier molecular flexibility index (Phi) is 5.71. The molecule has 68 valence electrons. The molecule has 0 aromatic rings. The average Bonchev–Trinajstić information content (AvgIpc) is 1.87. The van der Waals surface area contributed by atoms with Crippen molar-refractivity contribution in [3.63, 3.8) is 0 Å². The van der Waals surface area contributed by atoms with Crippen LogP contribution >= 0.6 is 23.5 Å². The first-order chi connectivity index (χ1) is 5.02. The van der Waals surface area contributed by atoms with Crippen molar-refractivity contribution in [2.75, 3.05) is 18.3 Å². The third-order valence-electron chi connectivity index (χ3n) is 1.83. The highest BCUT2D eigenvalue weighted by atomic mass is 32.2. The van der Waals surface area contributed by atoms with Gasteiger partial charge in [0.05, 0.1) is 0 Å². The van der Waals surface area contributed by atoms with Crippen LogP contribution in [0.2, 0.25) is 0 Å². The predicted octanol–water partition coefficient (Wildman–Crippen LogP) is 3.52. The Morgan fingerprint density at radius 2 is 1.73 bits per heavy atom. The summed E-state index contributed by atoms with van der Waals surface area (Å²) in [7, 11) is 0. The molecule has 0 saturated carbocycles. The molecule has 11 heavy (non-hydrogen) atoms. The van der Waals surface area contributed by atoms with E-state index in [4.69, 9.17) is 0 Å². The summed E-state index contributed by atoms with van der Waals surface area (Å²) in [6.45, 7) is 6.98. The Labute approximate surface area is 79.9 Å². The van der Waals surface area contributed by atoms with Crippen LogP contribution in [0, 0.1) is 5.41 Å². The fourth-order valence-corrected chi connectivity index (χ4v) is 2.81. The van der Waals surface area contributed by atoms with Crippen LogP contribution in [0.4, 0.5) is 0 Å². The van der Waals surface area contributed by atoms with Gasteiger partial charge in [0.15, 0.2) is 0 Å². The maximum atomic E-state index is 2.33. The highest BCUT2D eigenvalue weighted by Crippen LogP contribution is 2.31. The zero-order chi connectivity index (χ0) is 8.91. The van der Waals surface area contributed by atoms with Gasteiger partial charge in [-0.05, 0) is 30.1 Å². The Balaban J connectivity index is 3.76. The average molecular weight is 192 g/mol. The summed E-state index contributed by atoms with van der Waals surface area (Å²) in [5.41, 5.74) is 0.467. The van der Waals surface area contributed by atoms with E-state index in [0.717, 1.165) is 5.25 Å². The maximum Gasteiger partial charge on any atom is 0.0101 e. The summed E-state index contributed by atoms with van der Waals surface area (Å²) in [6.07, 6.45) is 5.74. The number of rotatable bonds is 4. The monoisotopic (exact) mass is 192 g/mol. The van der Waals surface area contributed by atoms with Crippen molar-refractivity contribution in [1.29, 1.82) is 0 Å². The smallest absolute Gasteiger partial charge is 0.0101 e. The minimum absolute atomic E-state index is 0.467. The molecule has 0 aromatic carbocycles. The van der Waals surface area contributed by atoms with Gasteiger partial charge in [-0.15, -0.1) is 0 Å². The van der Waals surface area contributed by atoms with Crippen molar-refractivity contribution in [2.45, 2.75) is 32.4 Å². The van der Waals surface area contributed by atoms with Gasteiger partial charge in [0.2, 0.25) is 0 Å². The third-order valence-corrected chi connectivity index (χ3v) is 3.99. The van der Waals surface area contributed by atoms with Crippen LogP contribution in [0.15, 0.2) is 0 Å². The summed E-state index contributed by atoms with van der Waals surface area (Å²) in [5.74, 6) is 1.29. The van der Waals surface area contributed by atoms with Gasteiger partial charge >= 0.3 is 0 Å². The topological polar surface area (TPSA) is 0 Å². The summed E-state index contributed by atoms with van der Waals surface area (Å²) in [5, 5.41) is 0.815. The van der Waals surface area contributed by atoms with E-state index in [1.54, 1.807) is 0 Å². The maximum absolute atomic E-state index is 2.33. The molecule has 0 aliphatic rings. The van der Waals surface area contributed by atoms with Gasteiger partial charge in [-0.2, -0.15) is 23.5 Å². The van der Waals surface area contributed by atoms with Crippen molar-refractivity contribution >= 4 is 23.5 Å². The van der Waals surface area contributed by atoms with Crippen molar-refractivity contribution in [3.05, 3.63) is 0 Å². The molecule has 0 nitrogen and oxygen atoms in total. The van der Waals surface area contributed by atoms with Crippen molar-refractivity contribution in [1.82, 2.24) is 0 Å². The van der Waals surface area contributed by atoms with Gasteiger partial charge in [0.25, 0.3) is 0 Å². The standard InChI is InChI=1S/C9H20S2/c1-9(2,3)8(11-5)6-7-10-4/h8H,6-7H2,1-5H3. The molecule has 2 heteroatoms. The van der Waals surface area contributed by atoms with Crippen LogP contribution in [0.5, 0.6) is 0 Å². The minimum atomic E-state index is 0.467. The first-order valence-electron chi connectivity index (χ1n) is 4.04. The number of thioether (sulfide) groups is 2. The van der Waals surface area contributed by atoms with E-state index in [1.807, 2.05) is 23.5 Å². The van der Waals surface area contributed by atoms with Crippen LogP contribution in [0.1, 0.15) is 27.2 Å². The van der Waals surface area contributed by atoms with E-state index in [9.17, 15) is 0 Å². The fourth-order valence-electron chi connectivity index (χ4n) is 1.13. The molecule has 1 atom stereocenters. The van der Waals surface area contributed by atoms with E-state index >= 15 is 0 Å². The Morgan fingerprint density at radius 1 is 1.18 bits per heavy atom. The third kappa shape index (κ3) is 5.02. The second-order valence-electron chi connectivity index (χ2n) is 3.87. The summed E-state index contributed by atoms with van der Waals surface area (Å²) in [6, 6.07) is 0. The predicted molar refractivity (Wildman–Crippen MR) is 59.8 cm³/mol. The second-order valence-corrected chi connectivity index (χ2v) is 5.90. The van der Waals surface area contributed by atoms with E-state index in [-0.39, 0.29) is 0 Å². The molecule has 0 saturated heterocycles. The van der Waals surface area contributed by atoms with Crippen LogP contribution in [-0.2, 0) is 0 Å². The molecule has 0 amide bonds. The lowest BCUT2D eigenvalue weighted by molar-refractivity contribution is 0.389. The van der Waals surface area contributed by atoms with Gasteiger partial charge in [-0.1, -0.05) is 20.8 Å². The first-order valence-corrected chi connectivity index (χ1v) is 6.72. The second kappa shape index (κ2) is 5.36. The molecule has 0 fully saturated rings.